The number of nitrogens with zero attached hydrogens (tertiary/aromatic N) is 3. The number of aromatic nitrogens is 3. The molecule has 0 unspecified atom stereocenters. The number of nitrogens with one attached hydrogen (secondary N) is 1. The van der Waals surface area contributed by atoms with E-state index in [1.807, 2.05) is 55.5 Å². The predicted molar refractivity (Wildman–Crippen MR) is 117 cm³/mol. The van der Waals surface area contributed by atoms with Crippen LogP contribution in [-0.4, -0.2) is 33.6 Å². The van der Waals surface area contributed by atoms with Gasteiger partial charge < -0.3 is 10.1 Å². The standard InChI is InChI=1S/C22H20N4O3S/c1-2-29-16-9-7-15(8-10-16)18-13-20(27)26(14-24-18)12-11-23-21(28)22-25-17-5-3-4-6-19(17)30-22/h3-10,13-14H,2,11-12H2,1H3,(H,23,28). The monoisotopic (exact) mass is 420 g/mol. The first-order chi connectivity index (χ1) is 14.6. The minimum absolute atomic E-state index is 0.178. The first-order valence-electron chi connectivity index (χ1n) is 9.57. The van der Waals surface area contributed by atoms with Crippen molar-refractivity contribution in [3.05, 3.63) is 76.3 Å². The van der Waals surface area contributed by atoms with Crippen molar-refractivity contribution in [2.75, 3.05) is 13.2 Å². The summed E-state index contributed by atoms with van der Waals surface area (Å²) in [7, 11) is 0. The maximum Gasteiger partial charge on any atom is 0.280 e. The largest absolute Gasteiger partial charge is 0.494 e. The number of hydrogen-bond donors (Lipinski definition) is 1. The molecule has 8 heteroatoms. The molecule has 0 aliphatic heterocycles. The average molecular weight is 420 g/mol. The first kappa shape index (κ1) is 19.8. The Labute approximate surface area is 177 Å². The van der Waals surface area contributed by atoms with E-state index in [-0.39, 0.29) is 11.5 Å². The highest BCUT2D eigenvalue weighted by Crippen LogP contribution is 2.21. The molecule has 4 rings (SSSR count). The van der Waals surface area contributed by atoms with Crippen molar-refractivity contribution in [2.45, 2.75) is 13.5 Å². The van der Waals surface area contributed by atoms with Crippen molar-refractivity contribution in [1.82, 2.24) is 19.9 Å². The SMILES string of the molecule is CCOc1ccc(-c2cc(=O)n(CCNC(=O)c3nc4ccccc4s3)cn2)cc1. The van der Waals surface area contributed by atoms with Crippen LogP contribution in [-0.2, 0) is 6.54 Å². The van der Waals surface area contributed by atoms with E-state index in [0.717, 1.165) is 21.5 Å². The van der Waals surface area contributed by atoms with Crippen molar-refractivity contribution in [2.24, 2.45) is 0 Å². The van der Waals surface area contributed by atoms with Crippen LogP contribution in [0.4, 0.5) is 0 Å². The molecule has 2 heterocycles. The molecule has 0 aliphatic rings. The van der Waals surface area contributed by atoms with Crippen LogP contribution in [0, 0.1) is 0 Å². The fourth-order valence-electron chi connectivity index (χ4n) is 2.98. The maximum absolute atomic E-state index is 12.4. The van der Waals surface area contributed by atoms with Gasteiger partial charge in [-0.2, -0.15) is 0 Å². The fourth-order valence-corrected chi connectivity index (χ4v) is 3.86. The van der Waals surface area contributed by atoms with Crippen LogP contribution in [0.3, 0.4) is 0 Å². The Morgan fingerprint density at radius 1 is 1.17 bits per heavy atom. The van der Waals surface area contributed by atoms with Gasteiger partial charge in [-0.15, -0.1) is 11.3 Å². The minimum Gasteiger partial charge on any atom is -0.494 e. The normalized spacial score (nSPS) is 10.8. The predicted octanol–water partition coefficient (Wildman–Crippen LogP) is 3.35. The Balaban J connectivity index is 1.38. The molecule has 2 aromatic carbocycles. The average Bonchev–Trinajstić information content (AvgIpc) is 3.20. The van der Waals surface area contributed by atoms with Gasteiger partial charge in [0.2, 0.25) is 0 Å². The van der Waals surface area contributed by atoms with Gasteiger partial charge in [-0.05, 0) is 43.3 Å². The molecule has 1 N–H and O–H groups in total. The highest BCUT2D eigenvalue weighted by Gasteiger charge is 2.11. The lowest BCUT2D eigenvalue weighted by Crippen LogP contribution is -2.30. The second-order valence-electron chi connectivity index (χ2n) is 6.51. The topological polar surface area (TPSA) is 86.1 Å². The second-order valence-corrected chi connectivity index (χ2v) is 7.54. The lowest BCUT2D eigenvalue weighted by atomic mass is 10.1. The number of carbonyl (C=O) groups excluding carboxylic acids is 1. The van der Waals surface area contributed by atoms with Crippen molar-refractivity contribution in [1.29, 1.82) is 0 Å². The van der Waals surface area contributed by atoms with Gasteiger partial charge >= 0.3 is 0 Å². The molecule has 4 aromatic rings. The zero-order valence-corrected chi connectivity index (χ0v) is 17.2. The molecular formula is C22H20N4O3S. The molecule has 1 amide bonds. The fraction of sp³-hybridized carbons (Fsp3) is 0.182. The third-order valence-electron chi connectivity index (χ3n) is 4.47. The van der Waals surface area contributed by atoms with E-state index in [2.05, 4.69) is 15.3 Å². The molecular weight excluding hydrogens is 400 g/mol. The molecule has 0 saturated carbocycles. The first-order valence-corrected chi connectivity index (χ1v) is 10.4. The van der Waals surface area contributed by atoms with Crippen LogP contribution in [0.1, 0.15) is 16.7 Å². The van der Waals surface area contributed by atoms with Gasteiger partial charge in [0.25, 0.3) is 11.5 Å². The van der Waals surface area contributed by atoms with Crippen LogP contribution in [0.5, 0.6) is 5.75 Å². The summed E-state index contributed by atoms with van der Waals surface area (Å²) in [6.45, 7) is 3.16. The second kappa shape index (κ2) is 8.87. The number of rotatable bonds is 7. The lowest BCUT2D eigenvalue weighted by molar-refractivity contribution is 0.0952. The number of carbonyl (C=O) groups is 1. The highest BCUT2D eigenvalue weighted by atomic mass is 32.1. The summed E-state index contributed by atoms with van der Waals surface area (Å²) < 4.78 is 7.86. The van der Waals surface area contributed by atoms with Gasteiger partial charge in [0.1, 0.15) is 5.75 Å². The van der Waals surface area contributed by atoms with Gasteiger partial charge in [0.15, 0.2) is 5.01 Å². The van der Waals surface area contributed by atoms with Gasteiger partial charge in [-0.3, -0.25) is 14.2 Å². The highest BCUT2D eigenvalue weighted by molar-refractivity contribution is 7.20. The maximum atomic E-state index is 12.4. The third-order valence-corrected chi connectivity index (χ3v) is 5.50. The van der Waals surface area contributed by atoms with Crippen LogP contribution in [0.15, 0.2) is 65.7 Å². The van der Waals surface area contributed by atoms with Crippen LogP contribution in [0.25, 0.3) is 21.5 Å². The summed E-state index contributed by atoms with van der Waals surface area (Å²) in [5, 5.41) is 3.22. The van der Waals surface area contributed by atoms with Crippen LogP contribution >= 0.6 is 11.3 Å². The summed E-state index contributed by atoms with van der Waals surface area (Å²) in [4.78, 5) is 33.5. The number of thiazole rings is 1. The molecule has 0 saturated heterocycles. The molecule has 0 aliphatic carbocycles. The van der Waals surface area contributed by atoms with Crippen LogP contribution < -0.4 is 15.6 Å². The van der Waals surface area contributed by atoms with Gasteiger partial charge in [0.05, 0.1) is 28.8 Å². The smallest absolute Gasteiger partial charge is 0.280 e. The number of para-hydroxylation sites is 1. The van der Waals surface area contributed by atoms with E-state index in [1.165, 1.54) is 28.3 Å². The Morgan fingerprint density at radius 2 is 1.97 bits per heavy atom. The summed E-state index contributed by atoms with van der Waals surface area (Å²) in [5.74, 6) is 0.529. The zero-order chi connectivity index (χ0) is 20.9. The van der Waals surface area contributed by atoms with Gasteiger partial charge in [-0.25, -0.2) is 9.97 Å². The summed E-state index contributed by atoms with van der Waals surface area (Å²) >= 11 is 1.35. The molecule has 0 spiro atoms. The Morgan fingerprint density at radius 3 is 2.70 bits per heavy atom. The van der Waals surface area contributed by atoms with Crippen molar-refractivity contribution in [3.63, 3.8) is 0 Å². The lowest BCUT2D eigenvalue weighted by Gasteiger charge is -2.08. The summed E-state index contributed by atoms with van der Waals surface area (Å²) in [5.41, 5.74) is 2.06. The van der Waals surface area contributed by atoms with Crippen molar-refractivity contribution < 1.29 is 9.53 Å². The number of benzene rings is 2. The van der Waals surface area contributed by atoms with E-state index >= 15 is 0 Å². The molecule has 7 nitrogen and oxygen atoms in total. The number of fused-ring (bicyclic) bond motifs is 1. The molecule has 152 valence electrons. The molecule has 2 aromatic heterocycles. The van der Waals surface area contributed by atoms with Crippen molar-refractivity contribution in [3.8, 4) is 17.0 Å². The Hall–Kier alpha value is -3.52. The minimum atomic E-state index is -0.247. The number of hydrogen-bond acceptors (Lipinski definition) is 6. The van der Waals surface area contributed by atoms with Crippen LogP contribution in [0.2, 0.25) is 0 Å². The van der Waals surface area contributed by atoms with E-state index in [1.54, 1.807) is 0 Å². The Bertz CT molecular complexity index is 1200. The van der Waals surface area contributed by atoms with E-state index < -0.39 is 0 Å². The quantitative estimate of drug-likeness (QED) is 0.496. The summed E-state index contributed by atoms with van der Waals surface area (Å²) in [6.07, 6.45) is 1.50. The molecule has 30 heavy (non-hydrogen) atoms. The third kappa shape index (κ3) is 4.38. The van der Waals surface area contributed by atoms with Crippen molar-refractivity contribution >= 4 is 27.5 Å². The van der Waals surface area contributed by atoms with Gasteiger partial charge in [0, 0.05) is 24.7 Å². The molecule has 0 bridgehead atoms. The molecule has 0 fully saturated rings. The molecule has 0 atom stereocenters. The Kier molecular flexibility index (Phi) is 5.85. The van der Waals surface area contributed by atoms with E-state index in [9.17, 15) is 9.59 Å². The number of amides is 1. The number of ether oxygens (including phenoxy) is 1. The zero-order valence-electron chi connectivity index (χ0n) is 16.4. The molecule has 0 radical (unpaired) electrons. The summed E-state index contributed by atoms with van der Waals surface area (Å²) in [6, 6.07) is 16.5. The van der Waals surface area contributed by atoms with E-state index in [4.69, 9.17) is 4.74 Å². The van der Waals surface area contributed by atoms with Gasteiger partial charge in [-0.1, -0.05) is 12.1 Å². The van der Waals surface area contributed by atoms with E-state index in [0.29, 0.717) is 30.4 Å².